The number of benzene rings is 1. The van der Waals surface area contributed by atoms with Gasteiger partial charge >= 0.3 is 17.8 Å². The average molecular weight is 383 g/mol. The molecule has 5 amide bonds. The number of hydrogen-bond donors (Lipinski definition) is 1. The molecule has 1 aliphatic rings. The summed E-state index contributed by atoms with van der Waals surface area (Å²) in [4.78, 5) is 51.0. The molecule has 0 unspecified atom stereocenters. The standard InChI is InChI=1S/C19H17N3O4S/c1-2-10-21-17(24)18(25)22(19(21)26)12-15(23)20-16(14-9-6-11-27-14)13-7-4-3-5-8-13/h2-9,11,16H,1,10,12H2,(H,20,23)/t16-/m0/s1. The van der Waals surface area contributed by atoms with Gasteiger partial charge in [0.25, 0.3) is 0 Å². The van der Waals surface area contributed by atoms with Gasteiger partial charge in [0.2, 0.25) is 5.91 Å². The van der Waals surface area contributed by atoms with E-state index in [1.54, 1.807) is 0 Å². The summed E-state index contributed by atoms with van der Waals surface area (Å²) in [6.45, 7) is 2.85. The Morgan fingerprint density at radius 2 is 1.78 bits per heavy atom. The Morgan fingerprint density at radius 3 is 2.41 bits per heavy atom. The molecule has 27 heavy (non-hydrogen) atoms. The third-order valence-corrected chi connectivity index (χ3v) is 4.95. The SMILES string of the molecule is C=CCN1C(=O)C(=O)N(CC(=O)N[C@@H](c2ccccc2)c2cccs2)C1=O. The zero-order valence-electron chi connectivity index (χ0n) is 14.3. The van der Waals surface area contributed by atoms with Gasteiger partial charge in [-0.05, 0) is 17.0 Å². The maximum absolute atomic E-state index is 12.5. The summed E-state index contributed by atoms with van der Waals surface area (Å²) in [5.74, 6) is -2.50. The van der Waals surface area contributed by atoms with E-state index in [1.165, 1.54) is 17.4 Å². The van der Waals surface area contributed by atoms with E-state index < -0.39 is 36.3 Å². The summed E-state index contributed by atoms with van der Waals surface area (Å²) in [5, 5.41) is 4.74. The number of nitrogens with one attached hydrogen (secondary N) is 1. The molecule has 0 aliphatic carbocycles. The first kappa shape index (κ1) is 18.5. The van der Waals surface area contributed by atoms with Gasteiger partial charge in [0, 0.05) is 11.4 Å². The van der Waals surface area contributed by atoms with Crippen molar-refractivity contribution in [3.63, 3.8) is 0 Å². The molecule has 1 aromatic heterocycles. The Morgan fingerprint density at radius 1 is 1.07 bits per heavy atom. The van der Waals surface area contributed by atoms with Gasteiger partial charge in [0.15, 0.2) is 0 Å². The molecule has 2 aromatic rings. The highest BCUT2D eigenvalue weighted by Gasteiger charge is 2.44. The summed E-state index contributed by atoms with van der Waals surface area (Å²) >= 11 is 1.48. The summed E-state index contributed by atoms with van der Waals surface area (Å²) < 4.78 is 0. The first-order chi connectivity index (χ1) is 13.0. The van der Waals surface area contributed by atoms with Crippen molar-refractivity contribution in [1.82, 2.24) is 15.1 Å². The second kappa shape index (κ2) is 7.96. The van der Waals surface area contributed by atoms with Crippen molar-refractivity contribution in [3.8, 4) is 0 Å². The second-order valence-corrected chi connectivity index (χ2v) is 6.78. The highest BCUT2D eigenvalue weighted by atomic mass is 32.1. The van der Waals surface area contributed by atoms with Gasteiger partial charge in [-0.1, -0.05) is 42.5 Å². The lowest BCUT2D eigenvalue weighted by molar-refractivity contribution is -0.143. The highest BCUT2D eigenvalue weighted by Crippen LogP contribution is 2.26. The number of rotatable bonds is 7. The summed E-state index contributed by atoms with van der Waals surface area (Å²) in [6, 6.07) is 11.9. The monoisotopic (exact) mass is 383 g/mol. The average Bonchev–Trinajstić information content (AvgIpc) is 3.27. The van der Waals surface area contributed by atoms with Crippen LogP contribution in [0, 0.1) is 0 Å². The molecule has 0 spiro atoms. The number of nitrogens with zero attached hydrogens (tertiary/aromatic N) is 2. The van der Waals surface area contributed by atoms with Crippen LogP contribution in [-0.2, 0) is 14.4 Å². The van der Waals surface area contributed by atoms with Crippen LogP contribution in [0.15, 0.2) is 60.5 Å². The Labute approximate surface area is 159 Å². The molecular weight excluding hydrogens is 366 g/mol. The van der Waals surface area contributed by atoms with E-state index in [0.29, 0.717) is 4.90 Å². The van der Waals surface area contributed by atoms with Crippen molar-refractivity contribution < 1.29 is 19.2 Å². The molecule has 1 N–H and O–H groups in total. The van der Waals surface area contributed by atoms with Crippen LogP contribution in [0.2, 0.25) is 0 Å². The molecule has 1 saturated heterocycles. The highest BCUT2D eigenvalue weighted by molar-refractivity contribution is 7.10. The van der Waals surface area contributed by atoms with E-state index in [1.807, 2.05) is 47.8 Å². The van der Waals surface area contributed by atoms with Crippen molar-refractivity contribution in [1.29, 1.82) is 0 Å². The number of thiophene rings is 1. The smallest absolute Gasteiger partial charge is 0.335 e. The van der Waals surface area contributed by atoms with Crippen molar-refractivity contribution >= 4 is 35.1 Å². The van der Waals surface area contributed by atoms with Crippen LogP contribution in [0.25, 0.3) is 0 Å². The third-order valence-electron chi connectivity index (χ3n) is 4.01. The van der Waals surface area contributed by atoms with E-state index >= 15 is 0 Å². The van der Waals surface area contributed by atoms with Gasteiger partial charge in [0.1, 0.15) is 6.54 Å². The quantitative estimate of drug-likeness (QED) is 0.450. The van der Waals surface area contributed by atoms with Gasteiger partial charge in [0.05, 0.1) is 6.04 Å². The van der Waals surface area contributed by atoms with Gasteiger partial charge in [-0.15, -0.1) is 17.9 Å². The molecule has 0 bridgehead atoms. The third kappa shape index (κ3) is 3.80. The fraction of sp³-hybridized carbons (Fsp3) is 0.158. The number of urea groups is 1. The summed E-state index contributed by atoms with van der Waals surface area (Å²) in [5.41, 5.74) is 0.872. The number of carbonyl (C=O) groups excluding carboxylic acids is 4. The number of carbonyl (C=O) groups is 4. The predicted octanol–water partition coefficient (Wildman–Crippen LogP) is 1.93. The molecule has 1 aliphatic heterocycles. The molecule has 138 valence electrons. The molecular formula is C19H17N3O4S. The maximum atomic E-state index is 12.5. The number of amides is 5. The van der Waals surface area contributed by atoms with Gasteiger partial charge < -0.3 is 5.32 Å². The van der Waals surface area contributed by atoms with Crippen LogP contribution >= 0.6 is 11.3 Å². The van der Waals surface area contributed by atoms with Crippen LogP contribution in [0.4, 0.5) is 4.79 Å². The number of hydrogen-bond acceptors (Lipinski definition) is 5. The first-order valence-electron chi connectivity index (χ1n) is 8.19. The van der Waals surface area contributed by atoms with Crippen LogP contribution in [-0.4, -0.2) is 46.6 Å². The Balaban J connectivity index is 1.75. The maximum Gasteiger partial charge on any atom is 0.335 e. The van der Waals surface area contributed by atoms with E-state index in [4.69, 9.17) is 0 Å². The van der Waals surface area contributed by atoms with Crippen molar-refractivity contribution in [2.24, 2.45) is 0 Å². The largest absolute Gasteiger partial charge is 0.343 e. The van der Waals surface area contributed by atoms with Crippen LogP contribution in [0.3, 0.4) is 0 Å². The molecule has 0 radical (unpaired) electrons. The van der Waals surface area contributed by atoms with Crippen molar-refractivity contribution in [2.75, 3.05) is 13.1 Å². The Bertz CT molecular complexity index is 880. The Hall–Kier alpha value is -3.26. The lowest BCUT2D eigenvalue weighted by Crippen LogP contribution is -2.42. The molecule has 1 atom stereocenters. The van der Waals surface area contributed by atoms with E-state index in [-0.39, 0.29) is 6.54 Å². The first-order valence-corrected chi connectivity index (χ1v) is 9.06. The molecule has 8 heteroatoms. The van der Waals surface area contributed by atoms with Crippen molar-refractivity contribution in [2.45, 2.75) is 6.04 Å². The predicted molar refractivity (Wildman–Crippen MR) is 99.8 cm³/mol. The summed E-state index contributed by atoms with van der Waals surface area (Å²) in [7, 11) is 0. The summed E-state index contributed by atoms with van der Waals surface area (Å²) in [6.07, 6.45) is 1.34. The topological polar surface area (TPSA) is 86.8 Å². The fourth-order valence-corrected chi connectivity index (χ4v) is 3.55. The van der Waals surface area contributed by atoms with E-state index in [2.05, 4.69) is 11.9 Å². The minimum atomic E-state index is -1.01. The normalized spacial score (nSPS) is 15.2. The van der Waals surface area contributed by atoms with Gasteiger partial charge in [-0.3, -0.25) is 19.3 Å². The van der Waals surface area contributed by atoms with Crippen LogP contribution < -0.4 is 5.32 Å². The van der Waals surface area contributed by atoms with Gasteiger partial charge in [-0.25, -0.2) is 9.69 Å². The Kier molecular flexibility index (Phi) is 5.46. The minimum Gasteiger partial charge on any atom is -0.343 e. The van der Waals surface area contributed by atoms with Crippen LogP contribution in [0.1, 0.15) is 16.5 Å². The van der Waals surface area contributed by atoms with Crippen LogP contribution in [0.5, 0.6) is 0 Å². The lowest BCUT2D eigenvalue weighted by atomic mass is 10.1. The zero-order chi connectivity index (χ0) is 19.4. The molecule has 0 saturated carbocycles. The fourth-order valence-electron chi connectivity index (χ4n) is 2.75. The lowest BCUT2D eigenvalue weighted by Gasteiger charge is -2.20. The van der Waals surface area contributed by atoms with E-state index in [9.17, 15) is 19.2 Å². The molecule has 1 fully saturated rings. The molecule has 7 nitrogen and oxygen atoms in total. The molecule has 3 rings (SSSR count). The zero-order valence-corrected chi connectivity index (χ0v) is 15.1. The molecule has 2 heterocycles. The second-order valence-electron chi connectivity index (χ2n) is 5.80. The molecule has 1 aromatic carbocycles. The number of imide groups is 2. The minimum absolute atomic E-state index is 0.0800. The van der Waals surface area contributed by atoms with Crippen molar-refractivity contribution in [3.05, 3.63) is 70.9 Å². The van der Waals surface area contributed by atoms with E-state index in [0.717, 1.165) is 15.3 Å². The van der Waals surface area contributed by atoms with Gasteiger partial charge in [-0.2, -0.15) is 0 Å².